The normalized spacial score (nSPS) is 12.2. The van der Waals surface area contributed by atoms with Crippen LogP contribution in [0.15, 0.2) is 337 Å². The van der Waals surface area contributed by atoms with E-state index in [1.54, 1.807) is 0 Å². The number of hydrogen-bond donors (Lipinski definition) is 0. The first kappa shape index (κ1) is 54.3. The number of rotatable bonds is 8. The van der Waals surface area contributed by atoms with Crippen LogP contribution in [0.2, 0.25) is 0 Å². The minimum absolute atomic E-state index is 0.0868. The Labute approximate surface area is 560 Å². The molecule has 6 nitrogen and oxygen atoms in total. The molecule has 0 aliphatic rings. The molecule has 0 aliphatic heterocycles. The second-order valence-corrected chi connectivity index (χ2v) is 26.2. The van der Waals surface area contributed by atoms with Crippen molar-refractivity contribution in [2.24, 2.45) is 0 Å². The number of nitrogens with zero attached hydrogens (tertiary/aromatic N) is 4. The lowest BCUT2D eigenvalue weighted by atomic mass is 10.0. The molecular weight excluding hydrogens is 1190 g/mol. The summed E-state index contributed by atoms with van der Waals surface area (Å²) in [6.45, 7) is 0. The van der Waals surface area contributed by atoms with Crippen molar-refractivity contribution in [3.05, 3.63) is 348 Å². The van der Waals surface area contributed by atoms with Gasteiger partial charge in [-0.15, -0.1) is 0 Å². The minimum Gasteiger partial charge on any atom is -0.309 e. The quantitative estimate of drug-likeness (QED) is 0.152. The number of hydrogen-bond acceptors (Lipinski definition) is 2. The highest BCUT2D eigenvalue weighted by molar-refractivity contribution is 6.26. The van der Waals surface area contributed by atoms with Crippen molar-refractivity contribution in [1.82, 2.24) is 18.3 Å². The fraction of sp³-hybridized carbons (Fsp3) is 0. The molecule has 0 aliphatic carbocycles. The molecule has 0 unspecified atom stereocenters. The van der Waals surface area contributed by atoms with E-state index in [0.29, 0.717) is 21.5 Å². The maximum Gasteiger partial charge on any atom is 0.196 e. The SMILES string of the molecule is O=c1c2cc3c(cc2c2c(-n4c5ccc(-c6ccccc6)cc5c5cc(-c6ccccc6)ccc54)cc(-n4c5ccc(-c6ccccc6)cc5c5cc(-c6ccccc6)ccc54)cc12)c(=O)c1c(-n2c4ccccc4c4ccccc42)cc(-n2c4ccccc4c4ccccc42)cc13. The molecule has 21 aromatic rings. The van der Waals surface area contributed by atoms with Gasteiger partial charge in [-0.1, -0.05) is 218 Å². The van der Waals surface area contributed by atoms with Gasteiger partial charge in [0.05, 0.1) is 60.9 Å². The van der Waals surface area contributed by atoms with E-state index < -0.39 is 0 Å². The molecule has 21 rings (SSSR count). The maximum absolute atomic E-state index is 16.6. The summed E-state index contributed by atoms with van der Waals surface area (Å²) < 4.78 is 9.36. The minimum atomic E-state index is -0.0973. The number of fused-ring (bicyclic) bond motifs is 18. The molecule has 0 bridgehead atoms. The van der Waals surface area contributed by atoms with Gasteiger partial charge in [0.1, 0.15) is 0 Å². The largest absolute Gasteiger partial charge is 0.309 e. The van der Waals surface area contributed by atoms with Gasteiger partial charge < -0.3 is 18.3 Å². The van der Waals surface area contributed by atoms with Crippen LogP contribution in [0, 0.1) is 0 Å². The molecule has 454 valence electrons. The second-order valence-electron chi connectivity index (χ2n) is 26.2. The highest BCUT2D eigenvalue weighted by atomic mass is 16.1. The van der Waals surface area contributed by atoms with Crippen LogP contribution in [-0.2, 0) is 0 Å². The highest BCUT2D eigenvalue weighted by Crippen LogP contribution is 2.47. The maximum atomic E-state index is 16.6. The van der Waals surface area contributed by atoms with Gasteiger partial charge in [-0.3, -0.25) is 9.59 Å². The van der Waals surface area contributed by atoms with E-state index in [-0.39, 0.29) is 10.9 Å². The van der Waals surface area contributed by atoms with Gasteiger partial charge in [0.2, 0.25) is 0 Å². The van der Waals surface area contributed by atoms with Gasteiger partial charge in [-0.25, -0.2) is 0 Å². The molecule has 4 heterocycles. The summed E-state index contributed by atoms with van der Waals surface area (Å²) in [5, 5.41) is 14.2. The van der Waals surface area contributed by atoms with Gasteiger partial charge in [-0.2, -0.15) is 0 Å². The lowest BCUT2D eigenvalue weighted by Crippen LogP contribution is -2.04. The molecule has 98 heavy (non-hydrogen) atoms. The van der Waals surface area contributed by atoms with Crippen molar-refractivity contribution in [2.75, 3.05) is 0 Å². The molecule has 0 saturated heterocycles. The van der Waals surface area contributed by atoms with Crippen LogP contribution in [-0.4, -0.2) is 18.3 Å². The predicted octanol–water partition coefficient (Wildman–Crippen LogP) is 23.0. The third kappa shape index (κ3) is 7.79. The van der Waals surface area contributed by atoms with Crippen molar-refractivity contribution < 1.29 is 0 Å². The Morgan fingerprint density at radius 1 is 0.163 bits per heavy atom. The first-order valence-electron chi connectivity index (χ1n) is 33.5. The van der Waals surface area contributed by atoms with Crippen molar-refractivity contribution in [2.45, 2.75) is 0 Å². The lowest BCUT2D eigenvalue weighted by Gasteiger charge is -2.16. The Kier molecular flexibility index (Phi) is 11.4. The molecule has 4 aromatic heterocycles. The van der Waals surface area contributed by atoms with Crippen LogP contribution in [0.1, 0.15) is 0 Å². The lowest BCUT2D eigenvalue weighted by molar-refractivity contribution is 1.15. The first-order valence-corrected chi connectivity index (χ1v) is 33.5. The van der Waals surface area contributed by atoms with Gasteiger partial charge in [0.25, 0.3) is 0 Å². The van der Waals surface area contributed by atoms with Gasteiger partial charge in [-0.05, 0) is 170 Å². The van der Waals surface area contributed by atoms with E-state index in [1.807, 2.05) is 6.07 Å². The summed E-state index contributed by atoms with van der Waals surface area (Å²) in [4.78, 5) is 33.0. The molecule has 0 saturated carbocycles. The first-order chi connectivity index (χ1) is 48.5. The molecule has 0 atom stereocenters. The summed E-state index contributed by atoms with van der Waals surface area (Å²) in [7, 11) is 0. The van der Waals surface area contributed by atoms with Crippen LogP contribution in [0.3, 0.4) is 0 Å². The molecule has 0 spiro atoms. The summed E-state index contributed by atoms with van der Waals surface area (Å²) >= 11 is 0. The summed E-state index contributed by atoms with van der Waals surface area (Å²) in [5.41, 5.74) is 20.3. The van der Waals surface area contributed by atoms with Crippen molar-refractivity contribution in [1.29, 1.82) is 0 Å². The monoisotopic (exact) mass is 1250 g/mol. The Balaban J connectivity index is 0.899. The molecule has 17 aromatic carbocycles. The predicted molar refractivity (Wildman–Crippen MR) is 410 cm³/mol. The molecule has 0 fully saturated rings. The van der Waals surface area contributed by atoms with Crippen LogP contribution in [0.5, 0.6) is 0 Å². The van der Waals surface area contributed by atoms with Crippen LogP contribution >= 0.6 is 0 Å². The Morgan fingerprint density at radius 3 is 0.837 bits per heavy atom. The summed E-state index contributed by atoms with van der Waals surface area (Å²) in [6, 6.07) is 117. The molecule has 0 radical (unpaired) electrons. The van der Waals surface area contributed by atoms with Crippen molar-refractivity contribution >= 4 is 130 Å². The van der Waals surface area contributed by atoms with Crippen molar-refractivity contribution in [3.8, 4) is 67.3 Å². The van der Waals surface area contributed by atoms with Crippen LogP contribution in [0.25, 0.3) is 198 Å². The molecular formula is C92H54N4O2. The third-order valence-corrected chi connectivity index (χ3v) is 21.0. The molecule has 0 N–H and O–H groups in total. The van der Waals surface area contributed by atoms with E-state index in [2.05, 4.69) is 340 Å². The van der Waals surface area contributed by atoms with E-state index in [4.69, 9.17) is 0 Å². The zero-order valence-electron chi connectivity index (χ0n) is 52.8. The number of para-hydroxylation sites is 4. The van der Waals surface area contributed by atoms with E-state index in [1.165, 1.54) is 0 Å². The average Bonchev–Trinajstić information content (AvgIpc) is 1.54. The van der Waals surface area contributed by atoms with Gasteiger partial charge >= 0.3 is 0 Å². The van der Waals surface area contributed by atoms with E-state index >= 15 is 9.59 Å². The highest BCUT2D eigenvalue weighted by Gasteiger charge is 2.28. The fourth-order valence-electron chi connectivity index (χ4n) is 16.6. The smallest absolute Gasteiger partial charge is 0.196 e. The van der Waals surface area contributed by atoms with E-state index in [9.17, 15) is 0 Å². The fourth-order valence-corrected chi connectivity index (χ4v) is 16.6. The van der Waals surface area contributed by atoms with Crippen LogP contribution < -0.4 is 10.9 Å². The number of benzene rings is 15. The summed E-state index contributed by atoms with van der Waals surface area (Å²) in [6.07, 6.45) is 0. The Bertz CT molecular complexity index is 6760. The number of aromatic nitrogens is 4. The zero-order chi connectivity index (χ0) is 64.4. The standard InChI is InChI=1S/C92H54N4O2/c97-91-77-53-69-74-49-63(93-79-33-17-13-29-65(79)66-30-14-18-34-80(66)93)52-88(95-81-35-19-15-31-67(81)68-32-16-20-36-82(68)95)90(74)92(98)76(69)54-75(77)89-78(91)50-64(94-83-41-37-59(55-21-5-1-6-22-55)45-70(83)71-46-60(38-42-84(71)94)56-23-7-2-8-24-56)51-87(89)96-85-43-39-61(57-25-9-3-10-26-57)47-72(85)73-48-62(40-44-86(73)96)58-27-11-4-12-28-58/h1-54H. The van der Waals surface area contributed by atoms with Crippen molar-refractivity contribution in [3.63, 3.8) is 0 Å². The molecule has 6 heteroatoms. The Morgan fingerprint density at radius 2 is 0.449 bits per heavy atom. The van der Waals surface area contributed by atoms with Gasteiger partial charge in [0.15, 0.2) is 10.9 Å². The summed E-state index contributed by atoms with van der Waals surface area (Å²) in [5.74, 6) is 0. The molecule has 0 amide bonds. The third-order valence-electron chi connectivity index (χ3n) is 21.0. The average molecular weight is 1250 g/mol. The zero-order valence-corrected chi connectivity index (χ0v) is 52.8. The second kappa shape index (κ2) is 20.7. The van der Waals surface area contributed by atoms with Gasteiger partial charge in [0, 0.05) is 76.0 Å². The Hall–Kier alpha value is -13.2. The van der Waals surface area contributed by atoms with E-state index in [0.717, 1.165) is 176 Å². The van der Waals surface area contributed by atoms with Crippen LogP contribution in [0.4, 0.5) is 0 Å². The topological polar surface area (TPSA) is 53.9 Å².